The Morgan fingerprint density at radius 1 is 0.885 bits per heavy atom. The highest BCUT2D eigenvalue weighted by atomic mass is 35.5. The molecular formula is C19H24Cl2N2O3. The second-order valence-corrected chi connectivity index (χ2v) is 6.49. The third kappa shape index (κ3) is 6.67. The molecule has 0 aliphatic rings. The van der Waals surface area contributed by atoms with Crippen LogP contribution >= 0.6 is 23.2 Å². The number of methoxy groups -OCH3 is 1. The Hall–Kier alpha value is -1.50. The van der Waals surface area contributed by atoms with Gasteiger partial charge in [-0.25, -0.2) is 0 Å². The fraction of sp³-hybridized carbons (Fsp3) is 0.368. The first kappa shape index (κ1) is 20.8. The van der Waals surface area contributed by atoms with Crippen molar-refractivity contribution < 1.29 is 14.6 Å². The molecule has 0 heterocycles. The van der Waals surface area contributed by atoms with E-state index in [1.807, 2.05) is 24.3 Å². The van der Waals surface area contributed by atoms with Crippen molar-refractivity contribution in [2.75, 3.05) is 33.4 Å². The van der Waals surface area contributed by atoms with Gasteiger partial charge in [-0.1, -0.05) is 35.3 Å². The van der Waals surface area contributed by atoms with Gasteiger partial charge in [-0.15, -0.1) is 0 Å². The van der Waals surface area contributed by atoms with Crippen molar-refractivity contribution in [2.24, 2.45) is 0 Å². The van der Waals surface area contributed by atoms with Crippen LogP contribution in [-0.4, -0.2) is 38.5 Å². The van der Waals surface area contributed by atoms with Crippen LogP contribution in [0.2, 0.25) is 10.0 Å². The predicted octanol–water partition coefficient (Wildman–Crippen LogP) is 3.25. The van der Waals surface area contributed by atoms with Gasteiger partial charge in [-0.3, -0.25) is 0 Å². The molecule has 0 aromatic heterocycles. The Morgan fingerprint density at radius 3 is 2.38 bits per heavy atom. The molecule has 26 heavy (non-hydrogen) atoms. The van der Waals surface area contributed by atoms with E-state index in [2.05, 4.69) is 10.6 Å². The van der Waals surface area contributed by atoms with Gasteiger partial charge in [0.15, 0.2) is 11.5 Å². The SMILES string of the molecule is COc1cc(CNCCNCCO)ccc1OCc1ccc(Cl)c(Cl)c1. The maximum Gasteiger partial charge on any atom is 0.161 e. The first-order valence-corrected chi connectivity index (χ1v) is 9.15. The number of hydrogen-bond donors (Lipinski definition) is 3. The zero-order chi connectivity index (χ0) is 18.8. The van der Waals surface area contributed by atoms with Gasteiger partial charge in [0.2, 0.25) is 0 Å². The van der Waals surface area contributed by atoms with Gasteiger partial charge < -0.3 is 25.2 Å². The Balaban J connectivity index is 1.88. The fourth-order valence-corrected chi connectivity index (χ4v) is 2.67. The first-order chi connectivity index (χ1) is 12.6. The van der Waals surface area contributed by atoms with Crippen molar-refractivity contribution in [1.82, 2.24) is 10.6 Å². The molecule has 0 spiro atoms. The average molecular weight is 399 g/mol. The normalized spacial score (nSPS) is 10.8. The van der Waals surface area contributed by atoms with Gasteiger partial charge in [0, 0.05) is 26.2 Å². The lowest BCUT2D eigenvalue weighted by Crippen LogP contribution is -2.28. The minimum Gasteiger partial charge on any atom is -0.493 e. The molecule has 0 bridgehead atoms. The highest BCUT2D eigenvalue weighted by molar-refractivity contribution is 6.42. The van der Waals surface area contributed by atoms with Gasteiger partial charge in [-0.05, 0) is 35.4 Å². The Morgan fingerprint density at radius 2 is 1.65 bits per heavy atom. The number of benzene rings is 2. The van der Waals surface area contributed by atoms with Crippen molar-refractivity contribution in [2.45, 2.75) is 13.2 Å². The second-order valence-electron chi connectivity index (χ2n) is 5.67. The molecular weight excluding hydrogens is 375 g/mol. The highest BCUT2D eigenvalue weighted by Crippen LogP contribution is 2.29. The second kappa shape index (κ2) is 11.3. The Bertz CT molecular complexity index is 698. The molecule has 0 fully saturated rings. The molecule has 7 heteroatoms. The van der Waals surface area contributed by atoms with Gasteiger partial charge in [0.1, 0.15) is 6.61 Å². The lowest BCUT2D eigenvalue weighted by atomic mass is 10.2. The highest BCUT2D eigenvalue weighted by Gasteiger charge is 2.07. The van der Waals surface area contributed by atoms with Gasteiger partial charge in [0.05, 0.1) is 23.8 Å². The van der Waals surface area contributed by atoms with E-state index < -0.39 is 0 Å². The molecule has 142 valence electrons. The molecule has 0 saturated heterocycles. The third-order valence-corrected chi connectivity index (χ3v) is 4.44. The maximum atomic E-state index is 8.71. The summed E-state index contributed by atoms with van der Waals surface area (Å²) in [6.45, 7) is 3.49. The summed E-state index contributed by atoms with van der Waals surface area (Å²) in [5.74, 6) is 1.36. The zero-order valence-electron chi connectivity index (χ0n) is 14.7. The number of nitrogens with one attached hydrogen (secondary N) is 2. The molecule has 5 nitrogen and oxygen atoms in total. The molecule has 3 N–H and O–H groups in total. The van der Waals surface area contributed by atoms with Crippen LogP contribution in [0.1, 0.15) is 11.1 Å². The molecule has 0 aliphatic carbocycles. The number of ether oxygens (including phenoxy) is 2. The largest absolute Gasteiger partial charge is 0.493 e. The number of halogens is 2. The van der Waals surface area contributed by atoms with Crippen LogP contribution in [-0.2, 0) is 13.2 Å². The molecule has 0 radical (unpaired) electrons. The van der Waals surface area contributed by atoms with E-state index in [-0.39, 0.29) is 6.61 Å². The number of rotatable bonds is 11. The number of aliphatic hydroxyl groups is 1. The third-order valence-electron chi connectivity index (χ3n) is 3.70. The van der Waals surface area contributed by atoms with Gasteiger partial charge in [0.25, 0.3) is 0 Å². The molecule has 0 amide bonds. The van der Waals surface area contributed by atoms with Crippen molar-refractivity contribution in [1.29, 1.82) is 0 Å². The molecule has 2 aromatic rings. The fourth-order valence-electron chi connectivity index (χ4n) is 2.35. The minimum atomic E-state index is 0.154. The summed E-state index contributed by atoms with van der Waals surface area (Å²) in [5.41, 5.74) is 2.04. The smallest absolute Gasteiger partial charge is 0.161 e. The number of aliphatic hydroxyl groups excluding tert-OH is 1. The molecule has 0 atom stereocenters. The van der Waals surface area contributed by atoms with E-state index in [4.69, 9.17) is 37.8 Å². The van der Waals surface area contributed by atoms with Crippen LogP contribution in [0.5, 0.6) is 11.5 Å². The van der Waals surface area contributed by atoms with E-state index in [9.17, 15) is 0 Å². The van der Waals surface area contributed by atoms with Crippen molar-refractivity contribution in [3.8, 4) is 11.5 Å². The summed E-state index contributed by atoms with van der Waals surface area (Å²) in [6.07, 6.45) is 0. The molecule has 0 unspecified atom stereocenters. The predicted molar refractivity (Wildman–Crippen MR) is 105 cm³/mol. The average Bonchev–Trinajstić information content (AvgIpc) is 2.66. The lowest BCUT2D eigenvalue weighted by molar-refractivity contribution is 0.284. The van der Waals surface area contributed by atoms with E-state index in [0.717, 1.165) is 30.8 Å². The quantitative estimate of drug-likeness (QED) is 0.507. The monoisotopic (exact) mass is 398 g/mol. The Kier molecular flexibility index (Phi) is 9.01. The van der Waals surface area contributed by atoms with Crippen LogP contribution in [0.15, 0.2) is 36.4 Å². The molecule has 2 aromatic carbocycles. The summed E-state index contributed by atoms with van der Waals surface area (Å²) in [6, 6.07) is 11.3. The summed E-state index contributed by atoms with van der Waals surface area (Å²) in [7, 11) is 1.62. The van der Waals surface area contributed by atoms with Crippen molar-refractivity contribution in [3.05, 3.63) is 57.6 Å². The van der Waals surface area contributed by atoms with Crippen molar-refractivity contribution >= 4 is 23.2 Å². The summed E-state index contributed by atoms with van der Waals surface area (Å²) in [5, 5.41) is 16.2. The van der Waals surface area contributed by atoms with Crippen LogP contribution in [0, 0.1) is 0 Å². The maximum absolute atomic E-state index is 8.71. The first-order valence-electron chi connectivity index (χ1n) is 8.40. The molecule has 2 rings (SSSR count). The summed E-state index contributed by atoms with van der Waals surface area (Å²) < 4.78 is 11.3. The van der Waals surface area contributed by atoms with Gasteiger partial charge in [-0.2, -0.15) is 0 Å². The van der Waals surface area contributed by atoms with E-state index in [1.54, 1.807) is 19.2 Å². The topological polar surface area (TPSA) is 62.8 Å². The molecule has 0 saturated carbocycles. The van der Waals surface area contributed by atoms with Crippen molar-refractivity contribution in [3.63, 3.8) is 0 Å². The van der Waals surface area contributed by atoms with E-state index in [0.29, 0.717) is 34.7 Å². The van der Waals surface area contributed by atoms with Crippen LogP contribution < -0.4 is 20.1 Å². The summed E-state index contributed by atoms with van der Waals surface area (Å²) >= 11 is 12.0. The molecule has 0 aliphatic heterocycles. The lowest BCUT2D eigenvalue weighted by Gasteiger charge is -2.13. The van der Waals surface area contributed by atoms with Crippen LogP contribution in [0.25, 0.3) is 0 Å². The number of hydrogen-bond acceptors (Lipinski definition) is 5. The van der Waals surface area contributed by atoms with Gasteiger partial charge >= 0.3 is 0 Å². The minimum absolute atomic E-state index is 0.154. The standard InChI is InChI=1S/C19H24Cl2N2O3/c1-25-19-11-14(12-23-7-6-22-8-9-24)3-5-18(19)26-13-15-2-4-16(20)17(21)10-15/h2-5,10-11,22-24H,6-9,12-13H2,1H3. The van der Waals surface area contributed by atoms with Crippen LogP contribution in [0.3, 0.4) is 0 Å². The van der Waals surface area contributed by atoms with Crippen LogP contribution in [0.4, 0.5) is 0 Å². The Labute approximate surface area is 164 Å². The summed E-state index contributed by atoms with van der Waals surface area (Å²) in [4.78, 5) is 0. The zero-order valence-corrected chi connectivity index (χ0v) is 16.2. The van der Waals surface area contributed by atoms with E-state index >= 15 is 0 Å². The van der Waals surface area contributed by atoms with E-state index in [1.165, 1.54) is 0 Å².